The molecule has 0 aromatic carbocycles. The van der Waals surface area contributed by atoms with E-state index in [-0.39, 0.29) is 6.09 Å². The Balaban J connectivity index is 1.18. The molecule has 34 heavy (non-hydrogen) atoms. The summed E-state index contributed by atoms with van der Waals surface area (Å²) in [5.41, 5.74) is 1.81. The lowest BCUT2D eigenvalue weighted by molar-refractivity contribution is 0.0240. The summed E-state index contributed by atoms with van der Waals surface area (Å²) in [4.78, 5) is 32.7. The number of amides is 1. The normalized spacial score (nSPS) is 18.9. The Morgan fingerprint density at radius 1 is 1.03 bits per heavy atom. The lowest BCUT2D eigenvalue weighted by Crippen LogP contribution is -2.50. The number of aromatic nitrogens is 3. The molecule has 4 heterocycles. The molecule has 182 valence electrons. The van der Waals surface area contributed by atoms with Gasteiger partial charge in [0.2, 0.25) is 5.95 Å². The van der Waals surface area contributed by atoms with Gasteiger partial charge in [-0.15, -0.1) is 0 Å². The number of hydrogen-bond acceptors (Lipinski definition) is 8. The number of ether oxygens (including phenoxy) is 1. The largest absolute Gasteiger partial charge is 0.444 e. The van der Waals surface area contributed by atoms with Crippen LogP contribution in [0.25, 0.3) is 0 Å². The molecule has 5 rings (SSSR count). The predicted octanol–water partition coefficient (Wildman–Crippen LogP) is 3.98. The monoisotopic (exact) mass is 465 g/mol. The first-order valence-corrected chi connectivity index (χ1v) is 12.4. The van der Waals surface area contributed by atoms with Gasteiger partial charge < -0.3 is 24.8 Å². The number of piperazine rings is 1. The summed E-state index contributed by atoms with van der Waals surface area (Å²) in [5.74, 6) is 2.40. The van der Waals surface area contributed by atoms with Crippen LogP contribution in [0.2, 0.25) is 0 Å². The first kappa shape index (κ1) is 22.7. The molecule has 0 bridgehead atoms. The minimum atomic E-state index is -0.474. The van der Waals surface area contributed by atoms with Crippen molar-refractivity contribution in [3.05, 3.63) is 30.1 Å². The van der Waals surface area contributed by atoms with Crippen molar-refractivity contribution in [3.63, 3.8) is 0 Å². The van der Waals surface area contributed by atoms with Crippen LogP contribution in [0.5, 0.6) is 0 Å². The number of nitrogens with one attached hydrogen (secondary N) is 1. The summed E-state index contributed by atoms with van der Waals surface area (Å²) in [6.45, 7) is 9.49. The fourth-order valence-corrected chi connectivity index (χ4v) is 5.04. The number of fused-ring (bicyclic) bond motifs is 1. The molecule has 2 aliphatic heterocycles. The van der Waals surface area contributed by atoms with Crippen LogP contribution in [-0.4, -0.2) is 70.3 Å². The highest BCUT2D eigenvalue weighted by Gasteiger charge is 2.30. The van der Waals surface area contributed by atoms with Crippen molar-refractivity contribution in [1.29, 1.82) is 0 Å². The summed E-state index contributed by atoms with van der Waals surface area (Å²) < 4.78 is 5.49. The highest BCUT2D eigenvalue weighted by Crippen LogP contribution is 2.34. The molecular weight excluding hydrogens is 430 g/mol. The van der Waals surface area contributed by atoms with Gasteiger partial charge in [-0.2, -0.15) is 4.98 Å². The average Bonchev–Trinajstić information content (AvgIpc) is 3.48. The van der Waals surface area contributed by atoms with Crippen molar-refractivity contribution in [1.82, 2.24) is 19.9 Å². The highest BCUT2D eigenvalue weighted by molar-refractivity contribution is 5.68. The van der Waals surface area contributed by atoms with Crippen LogP contribution in [0.4, 0.5) is 28.1 Å². The fraction of sp³-hybridized carbons (Fsp3) is 0.600. The Morgan fingerprint density at radius 2 is 1.79 bits per heavy atom. The second-order valence-corrected chi connectivity index (χ2v) is 10.4. The van der Waals surface area contributed by atoms with Gasteiger partial charge in [0.25, 0.3) is 0 Å². The van der Waals surface area contributed by atoms with Gasteiger partial charge in [0, 0.05) is 50.5 Å². The third-order valence-electron chi connectivity index (χ3n) is 6.79. The molecule has 0 atom stereocenters. The standard InChI is InChI=1S/C25H35N7O2/c1-25(2,3)34-24(33)31-14-12-30(13-15-31)20-8-9-21(26-17-20)28-23-27-16-18-10-11-32(22(18)29-23)19-6-4-5-7-19/h8-9,16-17,19H,4-7,10-15H2,1-3H3,(H,26,27,28,29). The topological polar surface area (TPSA) is 86.7 Å². The molecule has 2 aromatic heterocycles. The van der Waals surface area contributed by atoms with Crippen molar-refractivity contribution in [3.8, 4) is 0 Å². The Labute approximate surface area is 201 Å². The number of carbonyl (C=O) groups excluding carboxylic acids is 1. The van der Waals surface area contributed by atoms with Crippen LogP contribution in [0, 0.1) is 0 Å². The minimum absolute atomic E-state index is 0.245. The van der Waals surface area contributed by atoms with Crippen LogP contribution >= 0.6 is 0 Å². The van der Waals surface area contributed by atoms with Crippen molar-refractivity contribution in [2.24, 2.45) is 0 Å². The summed E-state index contributed by atoms with van der Waals surface area (Å²) in [5, 5.41) is 3.27. The molecule has 0 spiro atoms. The molecule has 0 radical (unpaired) electrons. The van der Waals surface area contributed by atoms with E-state index in [0.717, 1.165) is 43.4 Å². The average molecular weight is 466 g/mol. The number of hydrogen-bond donors (Lipinski definition) is 1. The van der Waals surface area contributed by atoms with Crippen molar-refractivity contribution >= 4 is 29.4 Å². The zero-order valence-corrected chi connectivity index (χ0v) is 20.5. The van der Waals surface area contributed by atoms with E-state index in [1.165, 1.54) is 31.2 Å². The Kier molecular flexibility index (Phi) is 6.18. The van der Waals surface area contributed by atoms with E-state index >= 15 is 0 Å². The quantitative estimate of drug-likeness (QED) is 0.726. The highest BCUT2D eigenvalue weighted by atomic mass is 16.6. The maximum atomic E-state index is 12.3. The van der Waals surface area contributed by atoms with E-state index in [4.69, 9.17) is 9.72 Å². The number of carbonyl (C=O) groups is 1. The van der Waals surface area contributed by atoms with Crippen LogP contribution in [-0.2, 0) is 11.2 Å². The third-order valence-corrected chi connectivity index (χ3v) is 6.79. The van der Waals surface area contributed by atoms with Gasteiger partial charge in [0.15, 0.2) is 0 Å². The molecule has 2 aromatic rings. The van der Waals surface area contributed by atoms with Gasteiger partial charge in [-0.1, -0.05) is 12.8 Å². The van der Waals surface area contributed by atoms with Crippen LogP contribution in [0.1, 0.15) is 52.0 Å². The molecule has 1 saturated heterocycles. The Hall–Kier alpha value is -3.10. The molecular formula is C25H35N7O2. The van der Waals surface area contributed by atoms with Gasteiger partial charge in [-0.25, -0.2) is 14.8 Å². The van der Waals surface area contributed by atoms with E-state index in [2.05, 4.69) is 31.2 Å². The molecule has 0 unspecified atom stereocenters. The third kappa shape index (κ3) is 5.03. The lowest BCUT2D eigenvalue weighted by atomic mass is 10.2. The van der Waals surface area contributed by atoms with Crippen LogP contribution < -0.4 is 15.1 Å². The number of nitrogens with zero attached hydrogens (tertiary/aromatic N) is 6. The molecule has 1 aliphatic carbocycles. The second kappa shape index (κ2) is 9.27. The number of pyridine rings is 1. The molecule has 2 fully saturated rings. The van der Waals surface area contributed by atoms with E-state index in [1.807, 2.05) is 39.2 Å². The maximum Gasteiger partial charge on any atom is 0.410 e. The number of anilines is 4. The molecule has 1 amide bonds. The fourth-order valence-electron chi connectivity index (χ4n) is 5.04. The Morgan fingerprint density at radius 3 is 2.47 bits per heavy atom. The molecule has 1 N–H and O–H groups in total. The zero-order valence-electron chi connectivity index (χ0n) is 20.5. The molecule has 9 nitrogen and oxygen atoms in total. The Bertz CT molecular complexity index is 1010. The van der Waals surface area contributed by atoms with Crippen molar-refractivity contribution < 1.29 is 9.53 Å². The SMILES string of the molecule is CC(C)(C)OC(=O)N1CCN(c2ccc(Nc3ncc4c(n3)N(C3CCCC3)CC4)nc2)CC1. The summed E-state index contributed by atoms with van der Waals surface area (Å²) in [7, 11) is 0. The smallest absolute Gasteiger partial charge is 0.410 e. The van der Waals surface area contributed by atoms with Gasteiger partial charge in [0.1, 0.15) is 17.2 Å². The van der Waals surface area contributed by atoms with Gasteiger partial charge in [-0.3, -0.25) is 0 Å². The van der Waals surface area contributed by atoms with Gasteiger partial charge in [0.05, 0.1) is 11.9 Å². The maximum absolute atomic E-state index is 12.3. The molecule has 9 heteroatoms. The molecule has 3 aliphatic rings. The lowest BCUT2D eigenvalue weighted by Gasteiger charge is -2.36. The summed E-state index contributed by atoms with van der Waals surface area (Å²) in [6.07, 6.45) is 9.77. The van der Waals surface area contributed by atoms with E-state index < -0.39 is 5.60 Å². The summed E-state index contributed by atoms with van der Waals surface area (Å²) >= 11 is 0. The van der Waals surface area contributed by atoms with E-state index in [9.17, 15) is 4.79 Å². The number of rotatable bonds is 4. The van der Waals surface area contributed by atoms with E-state index in [0.29, 0.717) is 25.1 Å². The zero-order chi connectivity index (χ0) is 23.7. The van der Waals surface area contributed by atoms with Crippen LogP contribution in [0.3, 0.4) is 0 Å². The summed E-state index contributed by atoms with van der Waals surface area (Å²) in [6, 6.07) is 4.63. The second-order valence-electron chi connectivity index (χ2n) is 10.4. The first-order valence-electron chi connectivity index (χ1n) is 12.4. The van der Waals surface area contributed by atoms with Crippen LogP contribution in [0.15, 0.2) is 24.5 Å². The molecule has 1 saturated carbocycles. The minimum Gasteiger partial charge on any atom is -0.444 e. The van der Waals surface area contributed by atoms with Crippen molar-refractivity contribution in [2.75, 3.05) is 47.8 Å². The van der Waals surface area contributed by atoms with Gasteiger partial charge in [-0.05, 0) is 52.2 Å². The predicted molar refractivity (Wildman–Crippen MR) is 133 cm³/mol. The first-order chi connectivity index (χ1) is 16.4. The van der Waals surface area contributed by atoms with E-state index in [1.54, 1.807) is 4.90 Å². The van der Waals surface area contributed by atoms with Gasteiger partial charge >= 0.3 is 6.09 Å². The van der Waals surface area contributed by atoms with Crippen molar-refractivity contribution in [2.45, 2.75) is 64.5 Å².